The molecule has 0 saturated carbocycles. The maximum Gasteiger partial charge on any atom is 0.224 e. The van der Waals surface area contributed by atoms with E-state index < -0.39 is 0 Å². The maximum absolute atomic E-state index is 11.6. The number of rotatable bonds is 5. The Hall–Kier alpha value is -1.35. The van der Waals surface area contributed by atoms with E-state index >= 15 is 0 Å². The molecule has 0 aromatic heterocycles. The minimum Gasteiger partial charge on any atom is -0.384 e. The first kappa shape index (κ1) is 11.7. The number of carbonyl (C=O) groups excluding carboxylic acids is 1. The summed E-state index contributed by atoms with van der Waals surface area (Å²) in [5.74, 6) is 0.112. The summed E-state index contributed by atoms with van der Waals surface area (Å²) >= 11 is 0. The van der Waals surface area contributed by atoms with Gasteiger partial charge in [0.05, 0.1) is 13.0 Å². The molecule has 0 heterocycles. The lowest BCUT2D eigenvalue weighted by atomic mass is 10.2. The van der Waals surface area contributed by atoms with Gasteiger partial charge < -0.3 is 9.64 Å². The third-order valence-electron chi connectivity index (χ3n) is 2.21. The molecule has 0 fully saturated rings. The van der Waals surface area contributed by atoms with Crippen LogP contribution in [0.4, 0.5) is 0 Å². The first-order valence-corrected chi connectivity index (χ1v) is 5.01. The van der Waals surface area contributed by atoms with Crippen LogP contribution in [-0.2, 0) is 16.1 Å². The molecular formula is C12H17NO2. The highest BCUT2D eigenvalue weighted by molar-refractivity contribution is 5.75. The predicted octanol–water partition coefficient (Wildman–Crippen LogP) is 1.68. The molecule has 0 atom stereocenters. The van der Waals surface area contributed by atoms with Crippen molar-refractivity contribution in [3.8, 4) is 0 Å². The molecule has 1 aromatic rings. The lowest BCUT2D eigenvalue weighted by molar-refractivity contribution is -0.131. The Morgan fingerprint density at radius 2 is 2.00 bits per heavy atom. The van der Waals surface area contributed by atoms with Crippen molar-refractivity contribution in [1.29, 1.82) is 0 Å². The van der Waals surface area contributed by atoms with Gasteiger partial charge in [0.15, 0.2) is 0 Å². The Morgan fingerprint density at radius 1 is 1.33 bits per heavy atom. The van der Waals surface area contributed by atoms with Gasteiger partial charge in [-0.2, -0.15) is 0 Å². The molecule has 1 amide bonds. The Bertz CT molecular complexity index is 298. The molecule has 3 nitrogen and oxygen atoms in total. The molecular weight excluding hydrogens is 190 g/mol. The minimum absolute atomic E-state index is 0.112. The molecule has 1 aromatic carbocycles. The molecule has 3 heteroatoms. The molecule has 15 heavy (non-hydrogen) atoms. The molecule has 0 radical (unpaired) electrons. The summed E-state index contributed by atoms with van der Waals surface area (Å²) in [6.45, 7) is 1.14. The third kappa shape index (κ3) is 4.13. The number of amides is 1. The van der Waals surface area contributed by atoms with Crippen molar-refractivity contribution in [2.24, 2.45) is 0 Å². The smallest absolute Gasteiger partial charge is 0.224 e. The average Bonchev–Trinajstić information content (AvgIpc) is 2.27. The predicted molar refractivity (Wildman–Crippen MR) is 59.4 cm³/mol. The standard InChI is InChI=1S/C12H17NO2/c1-13(12(14)8-9-15-2)10-11-6-4-3-5-7-11/h3-7H,8-10H2,1-2H3. The zero-order chi connectivity index (χ0) is 11.1. The van der Waals surface area contributed by atoms with Crippen molar-refractivity contribution in [2.45, 2.75) is 13.0 Å². The monoisotopic (exact) mass is 207 g/mol. The quantitative estimate of drug-likeness (QED) is 0.735. The lowest BCUT2D eigenvalue weighted by Gasteiger charge is -2.16. The molecule has 0 bridgehead atoms. The number of methoxy groups -OCH3 is 1. The van der Waals surface area contributed by atoms with Crippen molar-refractivity contribution < 1.29 is 9.53 Å². The first-order valence-electron chi connectivity index (χ1n) is 5.01. The second-order valence-electron chi connectivity index (χ2n) is 3.48. The highest BCUT2D eigenvalue weighted by Crippen LogP contribution is 2.03. The van der Waals surface area contributed by atoms with E-state index in [9.17, 15) is 4.79 Å². The van der Waals surface area contributed by atoms with Crippen molar-refractivity contribution in [3.05, 3.63) is 35.9 Å². The van der Waals surface area contributed by atoms with Gasteiger partial charge in [0, 0.05) is 20.7 Å². The van der Waals surface area contributed by atoms with Crippen molar-refractivity contribution >= 4 is 5.91 Å². The van der Waals surface area contributed by atoms with E-state index in [1.54, 1.807) is 12.0 Å². The molecule has 0 aliphatic carbocycles. The maximum atomic E-state index is 11.6. The minimum atomic E-state index is 0.112. The van der Waals surface area contributed by atoms with Gasteiger partial charge in [0.25, 0.3) is 0 Å². The third-order valence-corrected chi connectivity index (χ3v) is 2.21. The lowest BCUT2D eigenvalue weighted by Crippen LogP contribution is -2.26. The summed E-state index contributed by atoms with van der Waals surface area (Å²) in [5, 5.41) is 0. The topological polar surface area (TPSA) is 29.5 Å². The van der Waals surface area contributed by atoms with Crippen LogP contribution in [0.15, 0.2) is 30.3 Å². The van der Waals surface area contributed by atoms with E-state index in [4.69, 9.17) is 4.74 Å². The number of nitrogens with zero attached hydrogens (tertiary/aromatic N) is 1. The van der Waals surface area contributed by atoms with E-state index in [1.165, 1.54) is 0 Å². The van der Waals surface area contributed by atoms with Crippen LogP contribution in [-0.4, -0.2) is 31.6 Å². The number of hydrogen-bond donors (Lipinski definition) is 0. The van der Waals surface area contributed by atoms with E-state index in [0.29, 0.717) is 19.6 Å². The van der Waals surface area contributed by atoms with Gasteiger partial charge in [-0.3, -0.25) is 4.79 Å². The number of hydrogen-bond acceptors (Lipinski definition) is 2. The van der Waals surface area contributed by atoms with Gasteiger partial charge in [0.1, 0.15) is 0 Å². The van der Waals surface area contributed by atoms with Gasteiger partial charge >= 0.3 is 0 Å². The summed E-state index contributed by atoms with van der Waals surface area (Å²) in [5.41, 5.74) is 1.14. The molecule has 0 aliphatic rings. The zero-order valence-electron chi connectivity index (χ0n) is 9.27. The van der Waals surface area contributed by atoms with E-state index in [0.717, 1.165) is 5.56 Å². The Kier molecular flexibility index (Phi) is 4.84. The van der Waals surface area contributed by atoms with Crippen molar-refractivity contribution in [1.82, 2.24) is 4.90 Å². The van der Waals surface area contributed by atoms with Crippen LogP contribution < -0.4 is 0 Å². The number of carbonyl (C=O) groups is 1. The fourth-order valence-corrected chi connectivity index (χ4v) is 1.33. The van der Waals surface area contributed by atoms with E-state index in [1.807, 2.05) is 37.4 Å². The number of benzene rings is 1. The molecule has 0 aliphatic heterocycles. The summed E-state index contributed by atoms with van der Waals surface area (Å²) in [7, 11) is 3.41. The summed E-state index contributed by atoms with van der Waals surface area (Å²) in [4.78, 5) is 13.3. The van der Waals surface area contributed by atoms with Crippen LogP contribution in [0.1, 0.15) is 12.0 Å². The summed E-state index contributed by atoms with van der Waals surface area (Å²) < 4.78 is 4.87. The Balaban J connectivity index is 2.41. The molecule has 0 N–H and O–H groups in total. The number of ether oxygens (including phenoxy) is 1. The Labute approximate surface area is 90.7 Å². The van der Waals surface area contributed by atoms with Gasteiger partial charge in [-0.25, -0.2) is 0 Å². The first-order chi connectivity index (χ1) is 7.24. The molecule has 1 rings (SSSR count). The van der Waals surface area contributed by atoms with Crippen LogP contribution in [0, 0.1) is 0 Å². The SMILES string of the molecule is COCCC(=O)N(C)Cc1ccccc1. The van der Waals surface area contributed by atoms with E-state index in [-0.39, 0.29) is 5.91 Å². The average molecular weight is 207 g/mol. The zero-order valence-corrected chi connectivity index (χ0v) is 9.27. The fourth-order valence-electron chi connectivity index (χ4n) is 1.33. The van der Waals surface area contributed by atoms with Gasteiger partial charge in [0.2, 0.25) is 5.91 Å². The highest BCUT2D eigenvalue weighted by Gasteiger charge is 2.07. The molecule has 82 valence electrons. The van der Waals surface area contributed by atoms with Crippen LogP contribution in [0.25, 0.3) is 0 Å². The largest absolute Gasteiger partial charge is 0.384 e. The van der Waals surface area contributed by atoms with Crippen LogP contribution in [0.2, 0.25) is 0 Å². The van der Waals surface area contributed by atoms with Gasteiger partial charge in [-0.15, -0.1) is 0 Å². The van der Waals surface area contributed by atoms with Gasteiger partial charge in [-0.1, -0.05) is 30.3 Å². The van der Waals surface area contributed by atoms with Gasteiger partial charge in [-0.05, 0) is 5.56 Å². The normalized spacial score (nSPS) is 10.0. The van der Waals surface area contributed by atoms with Crippen molar-refractivity contribution in [2.75, 3.05) is 20.8 Å². The second-order valence-corrected chi connectivity index (χ2v) is 3.48. The van der Waals surface area contributed by atoms with Crippen LogP contribution in [0.3, 0.4) is 0 Å². The van der Waals surface area contributed by atoms with Crippen LogP contribution >= 0.6 is 0 Å². The van der Waals surface area contributed by atoms with Crippen LogP contribution in [0.5, 0.6) is 0 Å². The molecule has 0 spiro atoms. The highest BCUT2D eigenvalue weighted by atomic mass is 16.5. The summed E-state index contributed by atoms with van der Waals surface area (Å²) in [6.07, 6.45) is 0.444. The molecule has 0 saturated heterocycles. The van der Waals surface area contributed by atoms with Crippen molar-refractivity contribution in [3.63, 3.8) is 0 Å². The molecule has 0 unspecified atom stereocenters. The summed E-state index contributed by atoms with van der Waals surface area (Å²) in [6, 6.07) is 9.95. The second kappa shape index (κ2) is 6.19. The fraction of sp³-hybridized carbons (Fsp3) is 0.417. The van der Waals surface area contributed by atoms with E-state index in [2.05, 4.69) is 0 Å². The Morgan fingerprint density at radius 3 is 2.60 bits per heavy atom.